The van der Waals surface area contributed by atoms with Gasteiger partial charge in [0.1, 0.15) is 6.10 Å². The average Bonchev–Trinajstić information content (AvgIpc) is 3.48. The van der Waals surface area contributed by atoms with Crippen molar-refractivity contribution in [1.29, 1.82) is 0 Å². The normalized spacial score (nSPS) is 31.8. The molecule has 0 radical (unpaired) electrons. The lowest BCUT2D eigenvalue weighted by Gasteiger charge is -2.58. The van der Waals surface area contributed by atoms with Gasteiger partial charge in [-0.05, 0) is 136 Å². The third kappa shape index (κ3) is 11.7. The van der Waals surface area contributed by atoms with Crippen LogP contribution in [0.15, 0.2) is 72.4 Å². The van der Waals surface area contributed by atoms with Gasteiger partial charge in [-0.3, -0.25) is 4.79 Å². The molecule has 3 fully saturated rings. The van der Waals surface area contributed by atoms with Crippen LogP contribution in [0, 0.1) is 52.3 Å². The fourth-order valence-corrected chi connectivity index (χ4v) is 11.3. The minimum absolute atomic E-state index is 0.0332. The minimum atomic E-state index is 0.0332. The molecule has 292 valence electrons. The van der Waals surface area contributed by atoms with Gasteiger partial charge in [-0.2, -0.15) is 0 Å². The molecule has 4 aliphatic rings. The van der Waals surface area contributed by atoms with Gasteiger partial charge in [0.05, 0.1) is 0 Å². The third-order valence-corrected chi connectivity index (χ3v) is 14.6. The second-order valence-corrected chi connectivity index (χ2v) is 18.3. The predicted octanol–water partition coefficient (Wildman–Crippen LogP) is 14.9. The molecule has 2 heteroatoms. The van der Waals surface area contributed by atoms with Crippen LogP contribution in [0.4, 0.5) is 0 Å². The fourth-order valence-electron chi connectivity index (χ4n) is 11.3. The van der Waals surface area contributed by atoms with Crippen molar-refractivity contribution in [2.75, 3.05) is 0 Å². The first kappa shape index (κ1) is 42.6. The molecule has 2 nitrogen and oxygen atoms in total. The Balaban J connectivity index is 1.12. The number of carbonyl (C=O) groups is 1. The van der Waals surface area contributed by atoms with Crippen molar-refractivity contribution in [3.63, 3.8) is 0 Å². The SMILES string of the molecule is CCCCC/C=C/C=C/C=C/C=C/CCCCCCCC(=O)OC1CCC2(C)C(=CCC3C2CCC2(C)C(C(C)/C=C/C(CC)C(C)C)CCC32)C1. The standard InChI is InChI=1S/C50H80O2/c1-8-10-11-12-13-14-15-16-17-18-19-20-21-22-23-24-25-26-27-48(51)52-43-34-36-49(6)42(38-43)30-31-44-46-33-32-45(50(46,7)37-35-47(44)49)40(5)28-29-41(9-2)39(3)4/h13-20,28-30,39-41,43-47H,8-12,21-27,31-38H2,1-7H3/b14-13+,16-15+,18-17+,20-19+,29-28+. The van der Waals surface area contributed by atoms with E-state index in [0.717, 1.165) is 61.7 Å². The molecule has 4 aliphatic carbocycles. The van der Waals surface area contributed by atoms with Crippen molar-refractivity contribution in [3.05, 3.63) is 72.4 Å². The van der Waals surface area contributed by atoms with Gasteiger partial charge in [-0.1, -0.05) is 153 Å². The molecule has 0 heterocycles. The van der Waals surface area contributed by atoms with Crippen LogP contribution in [-0.4, -0.2) is 12.1 Å². The third-order valence-electron chi connectivity index (χ3n) is 14.6. The molecule has 9 atom stereocenters. The minimum Gasteiger partial charge on any atom is -0.462 e. The number of ether oxygens (including phenoxy) is 1. The number of hydrogen-bond acceptors (Lipinski definition) is 2. The molecule has 0 bridgehead atoms. The molecule has 3 saturated carbocycles. The number of allylic oxidation sites excluding steroid dienone is 11. The smallest absolute Gasteiger partial charge is 0.306 e. The van der Waals surface area contributed by atoms with Crippen molar-refractivity contribution >= 4 is 5.97 Å². The lowest BCUT2D eigenvalue weighted by atomic mass is 9.47. The van der Waals surface area contributed by atoms with E-state index in [1.807, 2.05) is 0 Å². The topological polar surface area (TPSA) is 26.3 Å². The van der Waals surface area contributed by atoms with E-state index in [1.54, 1.807) is 5.57 Å². The zero-order valence-electron chi connectivity index (χ0n) is 34.9. The van der Waals surface area contributed by atoms with E-state index >= 15 is 0 Å². The lowest BCUT2D eigenvalue weighted by molar-refractivity contribution is -0.151. The van der Waals surface area contributed by atoms with E-state index in [9.17, 15) is 4.79 Å². The quantitative estimate of drug-likeness (QED) is 0.0512. The zero-order chi connectivity index (χ0) is 37.4. The van der Waals surface area contributed by atoms with Crippen LogP contribution >= 0.6 is 0 Å². The van der Waals surface area contributed by atoms with E-state index in [-0.39, 0.29) is 12.1 Å². The van der Waals surface area contributed by atoms with Gasteiger partial charge in [-0.15, -0.1) is 0 Å². The Morgan fingerprint density at radius 1 is 0.788 bits per heavy atom. The molecule has 4 rings (SSSR count). The summed E-state index contributed by atoms with van der Waals surface area (Å²) in [6.45, 7) is 17.1. The van der Waals surface area contributed by atoms with Gasteiger partial charge in [0, 0.05) is 12.8 Å². The number of unbranched alkanes of at least 4 members (excludes halogenated alkanes) is 8. The van der Waals surface area contributed by atoms with Crippen LogP contribution in [0.3, 0.4) is 0 Å². The van der Waals surface area contributed by atoms with E-state index in [2.05, 4.69) is 115 Å². The van der Waals surface area contributed by atoms with Gasteiger partial charge in [0.25, 0.3) is 0 Å². The first-order valence-electron chi connectivity index (χ1n) is 22.4. The second kappa shape index (κ2) is 21.7. The number of carbonyl (C=O) groups excluding carboxylic acids is 1. The number of fused-ring (bicyclic) bond motifs is 5. The van der Waals surface area contributed by atoms with Gasteiger partial charge in [0.2, 0.25) is 0 Å². The maximum absolute atomic E-state index is 12.9. The number of hydrogen-bond donors (Lipinski definition) is 0. The Morgan fingerprint density at radius 3 is 2.15 bits per heavy atom. The van der Waals surface area contributed by atoms with Crippen molar-refractivity contribution in [3.8, 4) is 0 Å². The predicted molar refractivity (Wildman–Crippen MR) is 225 cm³/mol. The molecular formula is C50H80O2. The van der Waals surface area contributed by atoms with Crippen LogP contribution in [0.25, 0.3) is 0 Å². The summed E-state index contributed by atoms with van der Waals surface area (Å²) in [6.07, 6.45) is 49.0. The van der Waals surface area contributed by atoms with E-state index in [0.29, 0.717) is 29.1 Å². The van der Waals surface area contributed by atoms with Crippen LogP contribution in [0.1, 0.15) is 177 Å². The molecule has 0 aromatic carbocycles. The van der Waals surface area contributed by atoms with Crippen molar-refractivity contribution in [2.24, 2.45) is 52.3 Å². The summed E-state index contributed by atoms with van der Waals surface area (Å²) in [6, 6.07) is 0. The highest BCUT2D eigenvalue weighted by atomic mass is 16.5. The lowest BCUT2D eigenvalue weighted by Crippen LogP contribution is -2.51. The maximum Gasteiger partial charge on any atom is 0.306 e. The highest BCUT2D eigenvalue weighted by Gasteiger charge is 2.59. The summed E-state index contributed by atoms with van der Waals surface area (Å²) < 4.78 is 6.13. The Hall–Kier alpha value is -2.09. The molecule has 0 saturated heterocycles. The Bertz CT molecular complexity index is 1240. The molecule has 0 spiro atoms. The van der Waals surface area contributed by atoms with Crippen LogP contribution in [0.5, 0.6) is 0 Å². The van der Waals surface area contributed by atoms with Gasteiger partial charge in [0.15, 0.2) is 0 Å². The highest BCUT2D eigenvalue weighted by Crippen LogP contribution is 2.67. The van der Waals surface area contributed by atoms with Gasteiger partial charge in [-0.25, -0.2) is 0 Å². The molecule has 0 aliphatic heterocycles. The molecule has 0 amide bonds. The summed E-state index contributed by atoms with van der Waals surface area (Å²) >= 11 is 0. The van der Waals surface area contributed by atoms with Crippen LogP contribution in [-0.2, 0) is 9.53 Å². The molecular weight excluding hydrogens is 633 g/mol. The molecule has 0 aromatic rings. The summed E-state index contributed by atoms with van der Waals surface area (Å²) in [7, 11) is 0. The largest absolute Gasteiger partial charge is 0.462 e. The number of rotatable bonds is 21. The molecule has 0 aromatic heterocycles. The van der Waals surface area contributed by atoms with Gasteiger partial charge >= 0.3 is 5.97 Å². The molecule has 9 unspecified atom stereocenters. The van der Waals surface area contributed by atoms with E-state index in [1.165, 1.54) is 89.9 Å². The first-order valence-corrected chi connectivity index (χ1v) is 22.4. The summed E-state index contributed by atoms with van der Waals surface area (Å²) in [5.74, 6) is 5.47. The number of esters is 1. The van der Waals surface area contributed by atoms with Gasteiger partial charge < -0.3 is 4.74 Å². The van der Waals surface area contributed by atoms with Crippen LogP contribution in [0.2, 0.25) is 0 Å². The maximum atomic E-state index is 12.9. The fraction of sp³-hybridized carbons (Fsp3) is 0.740. The van der Waals surface area contributed by atoms with E-state index in [4.69, 9.17) is 4.74 Å². The van der Waals surface area contributed by atoms with Crippen molar-refractivity contribution in [1.82, 2.24) is 0 Å². The monoisotopic (exact) mass is 713 g/mol. The van der Waals surface area contributed by atoms with Crippen LogP contribution < -0.4 is 0 Å². The summed E-state index contributed by atoms with van der Waals surface area (Å²) in [5.41, 5.74) is 2.41. The van der Waals surface area contributed by atoms with Crippen molar-refractivity contribution < 1.29 is 9.53 Å². The zero-order valence-corrected chi connectivity index (χ0v) is 34.9. The van der Waals surface area contributed by atoms with E-state index < -0.39 is 0 Å². The summed E-state index contributed by atoms with van der Waals surface area (Å²) in [4.78, 5) is 12.9. The highest BCUT2D eigenvalue weighted by molar-refractivity contribution is 5.69. The Labute approximate surface area is 322 Å². The second-order valence-electron chi connectivity index (χ2n) is 18.3. The molecule has 0 N–H and O–H groups in total. The first-order chi connectivity index (χ1) is 25.1. The Morgan fingerprint density at radius 2 is 1.46 bits per heavy atom. The average molecular weight is 713 g/mol. The summed E-state index contributed by atoms with van der Waals surface area (Å²) in [5, 5.41) is 0. The Kier molecular flexibility index (Phi) is 17.8. The van der Waals surface area contributed by atoms with Crippen molar-refractivity contribution in [2.45, 2.75) is 183 Å². The molecule has 52 heavy (non-hydrogen) atoms.